The molecule has 8 heteroatoms. The molecule has 1 aromatic heterocycles. The number of ether oxygens (including phenoxy) is 1. The number of alkyl halides is 3. The lowest BCUT2D eigenvalue weighted by molar-refractivity contribution is -0.275. The van der Waals surface area contributed by atoms with E-state index in [0.717, 1.165) is 11.4 Å². The van der Waals surface area contributed by atoms with E-state index in [1.54, 1.807) is 33.8 Å². The number of nitrogens with zero attached hydrogens (tertiary/aromatic N) is 3. The molecule has 0 aliphatic rings. The summed E-state index contributed by atoms with van der Waals surface area (Å²) in [5.41, 5.74) is -1.32. The highest BCUT2D eigenvalue weighted by atomic mass is 19.4. The number of aromatic nitrogens is 2. The molecule has 0 radical (unpaired) electrons. The quantitative estimate of drug-likeness (QED) is 0.462. The number of hydrogen-bond donors (Lipinski definition) is 1. The molecule has 32 heavy (non-hydrogen) atoms. The highest BCUT2D eigenvalue weighted by Gasteiger charge is 2.56. The molecule has 0 fully saturated rings. The molecule has 166 valence electrons. The first-order valence-electron chi connectivity index (χ1n) is 9.92. The molecule has 0 aliphatic carbocycles. The fourth-order valence-electron chi connectivity index (χ4n) is 3.43. The average Bonchev–Trinajstić information content (AvgIpc) is 3.21. The number of para-hydroxylation sites is 1. The summed E-state index contributed by atoms with van der Waals surface area (Å²) >= 11 is 0. The number of aliphatic hydroxyl groups is 1. The first-order chi connectivity index (χ1) is 15.2. The van der Waals surface area contributed by atoms with Crippen LogP contribution >= 0.6 is 0 Å². The standard InChI is InChI=1S/C24H22F3N3O2/c1-29(2)20-9-6-10-21(14-20)32-16-23(31,24(25,26)27)18-11-12-22-17(13-18)15-28-30(22)19-7-4-3-5-8-19/h3-15,31H,16H2,1-2H3. The third kappa shape index (κ3) is 4.01. The first kappa shape index (κ1) is 21.7. The van der Waals surface area contributed by atoms with Crippen molar-refractivity contribution >= 4 is 16.6 Å². The number of rotatable bonds is 6. The lowest BCUT2D eigenvalue weighted by Crippen LogP contribution is -2.47. The summed E-state index contributed by atoms with van der Waals surface area (Å²) in [6.07, 6.45) is -3.47. The minimum atomic E-state index is -4.95. The minimum absolute atomic E-state index is 0.233. The van der Waals surface area contributed by atoms with Gasteiger partial charge in [-0.3, -0.25) is 0 Å². The van der Waals surface area contributed by atoms with Gasteiger partial charge in [0.15, 0.2) is 0 Å². The van der Waals surface area contributed by atoms with Gasteiger partial charge in [-0.05, 0) is 42.0 Å². The zero-order valence-electron chi connectivity index (χ0n) is 17.5. The molecule has 1 N–H and O–H groups in total. The van der Waals surface area contributed by atoms with Gasteiger partial charge in [0.2, 0.25) is 5.60 Å². The average molecular weight is 441 g/mol. The summed E-state index contributed by atoms with van der Waals surface area (Å²) in [6.45, 7) is -0.980. The van der Waals surface area contributed by atoms with Crippen molar-refractivity contribution in [3.63, 3.8) is 0 Å². The van der Waals surface area contributed by atoms with E-state index in [2.05, 4.69) is 5.10 Å². The molecule has 0 saturated carbocycles. The van der Waals surface area contributed by atoms with E-state index in [1.165, 1.54) is 24.4 Å². The van der Waals surface area contributed by atoms with Crippen molar-refractivity contribution in [2.45, 2.75) is 11.8 Å². The normalized spacial score (nSPS) is 13.7. The SMILES string of the molecule is CN(C)c1cccc(OCC(O)(c2ccc3c(cnn3-c3ccccc3)c2)C(F)(F)F)c1. The molecule has 0 aliphatic heterocycles. The Kier molecular flexibility index (Phi) is 5.56. The zero-order chi connectivity index (χ0) is 22.9. The van der Waals surface area contributed by atoms with Crippen LogP contribution in [0.5, 0.6) is 5.75 Å². The predicted molar refractivity (Wildman–Crippen MR) is 117 cm³/mol. The van der Waals surface area contributed by atoms with Crippen LogP contribution in [-0.2, 0) is 5.60 Å². The van der Waals surface area contributed by atoms with Crippen LogP contribution in [0.25, 0.3) is 16.6 Å². The van der Waals surface area contributed by atoms with Crippen LogP contribution in [0.1, 0.15) is 5.56 Å². The van der Waals surface area contributed by atoms with Crippen molar-refractivity contribution in [2.75, 3.05) is 25.6 Å². The maximum atomic E-state index is 14.0. The van der Waals surface area contributed by atoms with E-state index >= 15 is 0 Å². The molecule has 1 unspecified atom stereocenters. The molecule has 0 amide bonds. The summed E-state index contributed by atoms with van der Waals surface area (Å²) in [4.78, 5) is 1.81. The Morgan fingerprint density at radius 2 is 1.72 bits per heavy atom. The van der Waals surface area contributed by atoms with Crippen molar-refractivity contribution in [1.29, 1.82) is 0 Å². The van der Waals surface area contributed by atoms with E-state index in [0.29, 0.717) is 10.9 Å². The van der Waals surface area contributed by atoms with Gasteiger partial charge in [-0.15, -0.1) is 0 Å². The number of benzene rings is 3. The van der Waals surface area contributed by atoms with Crippen molar-refractivity contribution in [3.05, 3.63) is 84.6 Å². The van der Waals surface area contributed by atoms with Crippen LogP contribution in [0.3, 0.4) is 0 Å². The second-order valence-electron chi connectivity index (χ2n) is 7.70. The van der Waals surface area contributed by atoms with Gasteiger partial charge in [0.25, 0.3) is 0 Å². The van der Waals surface area contributed by atoms with Crippen molar-refractivity contribution in [3.8, 4) is 11.4 Å². The van der Waals surface area contributed by atoms with Crippen LogP contribution in [0.15, 0.2) is 79.0 Å². The van der Waals surface area contributed by atoms with Gasteiger partial charge in [-0.25, -0.2) is 4.68 Å². The van der Waals surface area contributed by atoms with E-state index < -0.39 is 18.4 Å². The summed E-state index contributed by atoms with van der Waals surface area (Å²) in [6, 6.07) is 20.0. The van der Waals surface area contributed by atoms with Gasteiger partial charge in [-0.2, -0.15) is 18.3 Å². The summed E-state index contributed by atoms with van der Waals surface area (Å²) in [5, 5.41) is 15.5. The Morgan fingerprint density at radius 3 is 2.41 bits per heavy atom. The van der Waals surface area contributed by atoms with Crippen LogP contribution in [-0.4, -0.2) is 41.8 Å². The zero-order valence-corrected chi connectivity index (χ0v) is 17.5. The van der Waals surface area contributed by atoms with Gasteiger partial charge in [0.05, 0.1) is 17.4 Å². The lowest BCUT2D eigenvalue weighted by atomic mass is 9.93. The fraction of sp³-hybridized carbons (Fsp3) is 0.208. The second-order valence-corrected chi connectivity index (χ2v) is 7.70. The molecule has 0 bridgehead atoms. The Labute approximate surface area is 183 Å². The van der Waals surface area contributed by atoms with E-state index in [4.69, 9.17) is 4.74 Å². The lowest BCUT2D eigenvalue weighted by Gasteiger charge is -2.31. The van der Waals surface area contributed by atoms with Crippen molar-refractivity contribution < 1.29 is 23.0 Å². The van der Waals surface area contributed by atoms with Gasteiger partial charge >= 0.3 is 6.18 Å². The third-order valence-corrected chi connectivity index (χ3v) is 5.30. The van der Waals surface area contributed by atoms with Crippen LogP contribution in [0, 0.1) is 0 Å². The summed E-state index contributed by atoms with van der Waals surface area (Å²) in [7, 11) is 3.63. The molecule has 0 spiro atoms. The second kappa shape index (κ2) is 8.20. The molecule has 3 aromatic carbocycles. The molecule has 0 saturated heterocycles. The van der Waals surface area contributed by atoms with Gasteiger partial charge in [0, 0.05) is 31.2 Å². The smallest absolute Gasteiger partial charge is 0.424 e. The Balaban J connectivity index is 1.68. The highest BCUT2D eigenvalue weighted by Crippen LogP contribution is 2.40. The monoisotopic (exact) mass is 441 g/mol. The number of halogens is 3. The summed E-state index contributed by atoms with van der Waals surface area (Å²) in [5.74, 6) is 0.233. The van der Waals surface area contributed by atoms with Crippen LogP contribution in [0.4, 0.5) is 18.9 Å². The largest absolute Gasteiger partial charge is 0.490 e. The fourth-order valence-corrected chi connectivity index (χ4v) is 3.43. The predicted octanol–water partition coefficient (Wildman–Crippen LogP) is 4.92. The molecule has 5 nitrogen and oxygen atoms in total. The maximum Gasteiger partial charge on any atom is 0.424 e. The molecule has 4 rings (SSSR count). The van der Waals surface area contributed by atoms with Crippen molar-refractivity contribution in [2.24, 2.45) is 0 Å². The molecular weight excluding hydrogens is 419 g/mol. The van der Waals surface area contributed by atoms with Crippen LogP contribution in [0.2, 0.25) is 0 Å². The van der Waals surface area contributed by atoms with E-state index in [9.17, 15) is 18.3 Å². The van der Waals surface area contributed by atoms with Gasteiger partial charge in [-0.1, -0.05) is 30.3 Å². The van der Waals surface area contributed by atoms with Gasteiger partial charge < -0.3 is 14.7 Å². The molecular formula is C24H22F3N3O2. The number of hydrogen-bond acceptors (Lipinski definition) is 4. The Bertz CT molecular complexity index is 1220. The summed E-state index contributed by atoms with van der Waals surface area (Å²) < 4.78 is 49.1. The van der Waals surface area contributed by atoms with E-state index in [1.807, 2.05) is 44.4 Å². The number of fused-ring (bicyclic) bond motifs is 1. The Hall–Kier alpha value is -3.52. The molecule has 1 atom stereocenters. The van der Waals surface area contributed by atoms with E-state index in [-0.39, 0.29) is 11.3 Å². The third-order valence-electron chi connectivity index (χ3n) is 5.30. The minimum Gasteiger partial charge on any atom is -0.490 e. The molecule has 4 aromatic rings. The van der Waals surface area contributed by atoms with Crippen LogP contribution < -0.4 is 9.64 Å². The molecule has 1 heterocycles. The van der Waals surface area contributed by atoms with Gasteiger partial charge in [0.1, 0.15) is 12.4 Å². The highest BCUT2D eigenvalue weighted by molar-refractivity contribution is 5.81. The first-order valence-corrected chi connectivity index (χ1v) is 9.92. The maximum absolute atomic E-state index is 14.0. The Morgan fingerprint density at radius 1 is 0.969 bits per heavy atom. The number of anilines is 1. The topological polar surface area (TPSA) is 50.5 Å². The van der Waals surface area contributed by atoms with Crippen molar-refractivity contribution in [1.82, 2.24) is 9.78 Å².